The molecule has 10 heteroatoms. The van der Waals surface area contributed by atoms with Gasteiger partial charge in [-0.25, -0.2) is 9.69 Å². The first-order chi connectivity index (χ1) is 13.5. The van der Waals surface area contributed by atoms with Crippen molar-refractivity contribution in [3.8, 4) is 11.4 Å². The summed E-state index contributed by atoms with van der Waals surface area (Å²) in [4.78, 5) is 43.9. The van der Waals surface area contributed by atoms with Gasteiger partial charge in [0.05, 0.1) is 0 Å². The van der Waals surface area contributed by atoms with Gasteiger partial charge >= 0.3 is 17.8 Å². The van der Waals surface area contributed by atoms with Crippen molar-refractivity contribution in [3.63, 3.8) is 0 Å². The van der Waals surface area contributed by atoms with Crippen LogP contribution in [0.5, 0.6) is 0 Å². The number of rotatable bonds is 6. The fourth-order valence-corrected chi connectivity index (χ4v) is 3.56. The van der Waals surface area contributed by atoms with Crippen LogP contribution in [0.3, 0.4) is 0 Å². The third-order valence-electron chi connectivity index (χ3n) is 4.16. The molecule has 28 heavy (non-hydrogen) atoms. The van der Waals surface area contributed by atoms with E-state index in [4.69, 9.17) is 16.1 Å². The second kappa shape index (κ2) is 7.53. The summed E-state index contributed by atoms with van der Waals surface area (Å²) in [7, 11) is 0. The standard InChI is InChI=1S/C18H13ClN4O4S/c19-12-5-3-11(4-6-12)15-20-14(27-21-15)10-23-17(25)16(24)22(18(23)26)8-7-13-2-1-9-28-13/h1-6,9H,7-8,10H2. The van der Waals surface area contributed by atoms with Crippen LogP contribution >= 0.6 is 22.9 Å². The van der Waals surface area contributed by atoms with Crippen molar-refractivity contribution < 1.29 is 18.9 Å². The van der Waals surface area contributed by atoms with E-state index >= 15 is 0 Å². The van der Waals surface area contributed by atoms with E-state index in [2.05, 4.69) is 10.1 Å². The van der Waals surface area contributed by atoms with Gasteiger partial charge in [0, 0.05) is 28.4 Å². The molecule has 0 atom stereocenters. The first-order valence-corrected chi connectivity index (χ1v) is 9.57. The number of aromatic nitrogens is 2. The number of carbonyl (C=O) groups is 3. The van der Waals surface area contributed by atoms with Gasteiger partial charge in [0.1, 0.15) is 6.54 Å². The molecule has 8 nitrogen and oxygen atoms in total. The van der Waals surface area contributed by atoms with Gasteiger partial charge in [-0.2, -0.15) is 4.98 Å². The van der Waals surface area contributed by atoms with Gasteiger partial charge in [0.2, 0.25) is 11.7 Å². The maximum atomic E-state index is 12.5. The minimum absolute atomic E-state index is 0.0551. The Morgan fingerprint density at radius 1 is 1.04 bits per heavy atom. The third-order valence-corrected chi connectivity index (χ3v) is 5.35. The molecule has 2 aromatic heterocycles. The average Bonchev–Trinajstić information content (AvgIpc) is 3.41. The molecule has 4 rings (SSSR count). The molecule has 0 saturated carbocycles. The highest BCUT2D eigenvalue weighted by atomic mass is 35.5. The third kappa shape index (κ3) is 3.54. The van der Waals surface area contributed by atoms with Crippen molar-refractivity contribution in [2.45, 2.75) is 13.0 Å². The number of imide groups is 2. The molecule has 1 aromatic carbocycles. The van der Waals surface area contributed by atoms with Gasteiger partial charge in [-0.1, -0.05) is 22.8 Å². The Bertz CT molecular complexity index is 1030. The molecule has 1 aliphatic rings. The molecule has 0 radical (unpaired) electrons. The van der Waals surface area contributed by atoms with E-state index in [1.54, 1.807) is 24.3 Å². The number of amides is 4. The van der Waals surface area contributed by atoms with Crippen LogP contribution in [-0.4, -0.2) is 44.3 Å². The molecule has 1 aliphatic heterocycles. The molecule has 0 aliphatic carbocycles. The summed E-state index contributed by atoms with van der Waals surface area (Å²) in [5.41, 5.74) is 0.673. The van der Waals surface area contributed by atoms with Crippen LogP contribution in [-0.2, 0) is 22.6 Å². The molecular formula is C18H13ClN4O4S. The summed E-state index contributed by atoms with van der Waals surface area (Å²) < 4.78 is 5.13. The molecule has 3 aromatic rings. The normalized spacial score (nSPS) is 14.4. The monoisotopic (exact) mass is 416 g/mol. The van der Waals surface area contributed by atoms with Crippen molar-refractivity contribution >= 4 is 40.8 Å². The molecule has 0 bridgehead atoms. The minimum atomic E-state index is -0.901. The van der Waals surface area contributed by atoms with E-state index in [1.165, 1.54) is 11.3 Å². The fraction of sp³-hybridized carbons (Fsp3) is 0.167. The van der Waals surface area contributed by atoms with Crippen molar-refractivity contribution in [2.24, 2.45) is 0 Å². The van der Waals surface area contributed by atoms with Crippen LogP contribution in [0.25, 0.3) is 11.4 Å². The second-order valence-electron chi connectivity index (χ2n) is 5.98. The van der Waals surface area contributed by atoms with Crippen LogP contribution in [0.1, 0.15) is 10.8 Å². The molecule has 0 spiro atoms. The van der Waals surface area contributed by atoms with E-state index in [9.17, 15) is 14.4 Å². The van der Waals surface area contributed by atoms with Gasteiger partial charge in [0.25, 0.3) is 0 Å². The number of hydrogen-bond acceptors (Lipinski definition) is 7. The SMILES string of the molecule is O=C1C(=O)N(Cc2nc(-c3ccc(Cl)cc3)no2)C(=O)N1CCc1cccs1. The van der Waals surface area contributed by atoms with E-state index in [0.717, 1.165) is 14.7 Å². The summed E-state index contributed by atoms with van der Waals surface area (Å²) in [5.74, 6) is -1.40. The molecule has 1 fully saturated rings. The highest BCUT2D eigenvalue weighted by Gasteiger charge is 2.44. The molecule has 142 valence electrons. The zero-order valence-corrected chi connectivity index (χ0v) is 15.9. The Kier molecular flexibility index (Phi) is 4.93. The summed E-state index contributed by atoms with van der Waals surface area (Å²) in [6.45, 7) is -0.125. The first-order valence-electron chi connectivity index (χ1n) is 8.31. The topological polar surface area (TPSA) is 96.6 Å². The fourth-order valence-electron chi connectivity index (χ4n) is 2.73. The molecule has 3 heterocycles. The van der Waals surface area contributed by atoms with Crippen LogP contribution < -0.4 is 0 Å². The highest BCUT2D eigenvalue weighted by molar-refractivity contribution is 7.09. The largest absolute Gasteiger partial charge is 0.337 e. The Hall–Kier alpha value is -3.04. The Labute approximate surface area is 168 Å². The molecule has 1 saturated heterocycles. The van der Waals surface area contributed by atoms with Crippen LogP contribution in [0, 0.1) is 0 Å². The molecule has 4 amide bonds. The number of hydrogen-bond donors (Lipinski definition) is 0. The zero-order chi connectivity index (χ0) is 19.7. The molecule has 0 unspecified atom stereocenters. The summed E-state index contributed by atoms with van der Waals surface area (Å²) >= 11 is 7.38. The Morgan fingerprint density at radius 3 is 2.50 bits per heavy atom. The lowest BCUT2D eigenvalue weighted by molar-refractivity contribution is -0.143. The van der Waals surface area contributed by atoms with Crippen molar-refractivity contribution in [1.29, 1.82) is 0 Å². The smallest absolute Gasteiger partial charge is 0.334 e. The number of carbonyl (C=O) groups excluding carboxylic acids is 3. The molecule has 0 N–H and O–H groups in total. The minimum Gasteiger partial charge on any atom is -0.337 e. The van der Waals surface area contributed by atoms with Crippen LogP contribution in [0.4, 0.5) is 4.79 Å². The van der Waals surface area contributed by atoms with Crippen molar-refractivity contribution in [1.82, 2.24) is 19.9 Å². The maximum absolute atomic E-state index is 12.5. The zero-order valence-electron chi connectivity index (χ0n) is 14.4. The summed E-state index contributed by atoms with van der Waals surface area (Å²) in [6, 6.07) is 9.93. The van der Waals surface area contributed by atoms with Crippen molar-refractivity contribution in [3.05, 3.63) is 57.6 Å². The average molecular weight is 417 g/mol. The Morgan fingerprint density at radius 2 is 1.79 bits per heavy atom. The number of benzene rings is 1. The summed E-state index contributed by atoms with van der Waals surface area (Å²) in [6.07, 6.45) is 0.498. The number of thiophene rings is 1. The number of nitrogens with zero attached hydrogens (tertiary/aromatic N) is 4. The van der Waals surface area contributed by atoms with E-state index in [1.807, 2.05) is 17.5 Å². The predicted octanol–water partition coefficient (Wildman–Crippen LogP) is 2.99. The van der Waals surface area contributed by atoms with Crippen LogP contribution in [0.15, 0.2) is 46.3 Å². The van der Waals surface area contributed by atoms with Gasteiger partial charge in [0.15, 0.2) is 0 Å². The van der Waals surface area contributed by atoms with Gasteiger partial charge in [-0.3, -0.25) is 14.5 Å². The van der Waals surface area contributed by atoms with E-state index < -0.39 is 17.8 Å². The van der Waals surface area contributed by atoms with Gasteiger partial charge < -0.3 is 4.52 Å². The van der Waals surface area contributed by atoms with Gasteiger partial charge in [-0.05, 0) is 35.7 Å². The highest BCUT2D eigenvalue weighted by Crippen LogP contribution is 2.21. The lowest BCUT2D eigenvalue weighted by Crippen LogP contribution is -2.34. The second-order valence-corrected chi connectivity index (χ2v) is 7.45. The predicted molar refractivity (Wildman–Crippen MR) is 100 cm³/mol. The molecular weight excluding hydrogens is 404 g/mol. The van der Waals surface area contributed by atoms with E-state index in [0.29, 0.717) is 22.8 Å². The lowest BCUT2D eigenvalue weighted by atomic mass is 10.2. The Balaban J connectivity index is 1.45. The van der Waals surface area contributed by atoms with Crippen molar-refractivity contribution in [2.75, 3.05) is 6.54 Å². The quantitative estimate of drug-likeness (QED) is 0.452. The maximum Gasteiger partial charge on any atom is 0.334 e. The number of halogens is 1. The summed E-state index contributed by atoms with van der Waals surface area (Å²) in [5, 5.41) is 6.32. The first kappa shape index (κ1) is 18.3. The van der Waals surface area contributed by atoms with Crippen LogP contribution in [0.2, 0.25) is 5.02 Å². The van der Waals surface area contributed by atoms with Gasteiger partial charge in [-0.15, -0.1) is 11.3 Å². The number of urea groups is 1. The lowest BCUT2D eigenvalue weighted by Gasteiger charge is -2.13. The van der Waals surface area contributed by atoms with E-state index in [-0.39, 0.29) is 19.0 Å².